The smallest absolute Gasteiger partial charge is 0.303 e. The summed E-state index contributed by atoms with van der Waals surface area (Å²) >= 11 is 6.00. The molecule has 0 saturated heterocycles. The molecular weight excluding hydrogens is 252 g/mol. The number of hydrogen-bond donors (Lipinski definition) is 2. The van der Waals surface area contributed by atoms with E-state index in [2.05, 4.69) is 5.32 Å². The number of anilines is 1. The summed E-state index contributed by atoms with van der Waals surface area (Å²) < 4.78 is 0. The van der Waals surface area contributed by atoms with Gasteiger partial charge in [0.05, 0.1) is 22.3 Å². The molecule has 0 spiro atoms. The van der Waals surface area contributed by atoms with Gasteiger partial charge in [0, 0.05) is 13.0 Å². The van der Waals surface area contributed by atoms with Gasteiger partial charge in [-0.15, -0.1) is 0 Å². The summed E-state index contributed by atoms with van der Waals surface area (Å²) in [5, 5.41) is 20.9. The van der Waals surface area contributed by atoms with Gasteiger partial charge in [-0.25, -0.2) is 0 Å². The molecule has 0 saturated carbocycles. The largest absolute Gasteiger partial charge is 0.481 e. The Balaban J connectivity index is 2.27. The molecular formula is C13H15ClN2O2. The second kappa shape index (κ2) is 7.57. The van der Waals surface area contributed by atoms with Crippen molar-refractivity contribution in [2.75, 3.05) is 11.9 Å². The topological polar surface area (TPSA) is 73.1 Å². The summed E-state index contributed by atoms with van der Waals surface area (Å²) in [7, 11) is 0. The summed E-state index contributed by atoms with van der Waals surface area (Å²) in [6.07, 6.45) is 2.67. The second-order valence-electron chi connectivity index (χ2n) is 3.94. The standard InChI is InChI=1S/C13H15ClN2O2/c14-11-8-10(9-15)5-6-12(11)16-7-3-1-2-4-13(17)18/h5-6,8,16H,1-4,7H2,(H,17,18). The van der Waals surface area contributed by atoms with Crippen LogP contribution in [0.4, 0.5) is 5.69 Å². The minimum absolute atomic E-state index is 0.220. The first kappa shape index (κ1) is 14.3. The zero-order valence-corrected chi connectivity index (χ0v) is 10.7. The third-order valence-electron chi connectivity index (χ3n) is 2.48. The van der Waals surface area contributed by atoms with Crippen molar-refractivity contribution in [2.45, 2.75) is 25.7 Å². The molecule has 0 bridgehead atoms. The molecule has 4 nitrogen and oxygen atoms in total. The highest BCUT2D eigenvalue weighted by Crippen LogP contribution is 2.22. The molecule has 2 N–H and O–H groups in total. The van der Waals surface area contributed by atoms with Gasteiger partial charge in [0.25, 0.3) is 0 Å². The molecule has 0 aliphatic heterocycles. The summed E-state index contributed by atoms with van der Waals surface area (Å²) in [5.41, 5.74) is 1.33. The Morgan fingerprint density at radius 1 is 1.39 bits per heavy atom. The molecule has 0 unspecified atom stereocenters. The molecule has 0 radical (unpaired) electrons. The van der Waals surface area contributed by atoms with Gasteiger partial charge in [-0.2, -0.15) is 5.26 Å². The molecule has 1 aromatic rings. The Kier molecular flexibility index (Phi) is 6.03. The number of carbonyl (C=O) groups is 1. The lowest BCUT2D eigenvalue weighted by atomic mass is 10.2. The minimum atomic E-state index is -0.752. The van der Waals surface area contributed by atoms with Crippen molar-refractivity contribution < 1.29 is 9.90 Å². The van der Waals surface area contributed by atoms with E-state index in [4.69, 9.17) is 22.0 Å². The van der Waals surface area contributed by atoms with E-state index in [1.54, 1.807) is 18.2 Å². The third kappa shape index (κ3) is 5.07. The number of carboxylic acid groups (broad SMARTS) is 1. The number of rotatable bonds is 7. The van der Waals surface area contributed by atoms with Crippen molar-refractivity contribution in [1.29, 1.82) is 5.26 Å². The lowest BCUT2D eigenvalue weighted by Crippen LogP contribution is -2.02. The van der Waals surface area contributed by atoms with Crippen LogP contribution in [0.15, 0.2) is 18.2 Å². The third-order valence-corrected chi connectivity index (χ3v) is 2.79. The van der Waals surface area contributed by atoms with Crippen molar-refractivity contribution in [2.24, 2.45) is 0 Å². The van der Waals surface area contributed by atoms with Gasteiger partial charge in [0.15, 0.2) is 0 Å². The van der Waals surface area contributed by atoms with Gasteiger partial charge in [0.2, 0.25) is 0 Å². The minimum Gasteiger partial charge on any atom is -0.481 e. The number of nitriles is 1. The Labute approximate surface area is 111 Å². The molecule has 18 heavy (non-hydrogen) atoms. The van der Waals surface area contributed by atoms with E-state index in [9.17, 15) is 4.79 Å². The normalized spacial score (nSPS) is 9.78. The van der Waals surface area contributed by atoms with Gasteiger partial charge in [-0.3, -0.25) is 4.79 Å². The fourth-order valence-corrected chi connectivity index (χ4v) is 1.78. The van der Waals surface area contributed by atoms with Crippen LogP contribution in [0.3, 0.4) is 0 Å². The summed E-state index contributed by atoms with van der Waals surface area (Å²) in [6.45, 7) is 0.741. The van der Waals surface area contributed by atoms with Crippen LogP contribution in [0, 0.1) is 11.3 Å². The van der Waals surface area contributed by atoms with Crippen molar-refractivity contribution in [3.8, 4) is 6.07 Å². The van der Waals surface area contributed by atoms with E-state index in [0.717, 1.165) is 25.1 Å². The molecule has 0 fully saturated rings. The quantitative estimate of drug-likeness (QED) is 0.743. The zero-order chi connectivity index (χ0) is 13.4. The molecule has 1 aromatic carbocycles. The van der Waals surface area contributed by atoms with Crippen molar-refractivity contribution in [3.63, 3.8) is 0 Å². The van der Waals surface area contributed by atoms with Gasteiger partial charge in [0.1, 0.15) is 0 Å². The number of nitrogens with one attached hydrogen (secondary N) is 1. The van der Waals surface area contributed by atoms with Crippen LogP contribution in [-0.2, 0) is 4.79 Å². The molecule has 96 valence electrons. The number of hydrogen-bond acceptors (Lipinski definition) is 3. The summed E-state index contributed by atoms with van der Waals surface area (Å²) in [5.74, 6) is -0.752. The average molecular weight is 267 g/mol. The zero-order valence-electron chi connectivity index (χ0n) is 9.95. The molecule has 0 heterocycles. The van der Waals surface area contributed by atoms with Crippen LogP contribution in [0.2, 0.25) is 5.02 Å². The molecule has 0 aliphatic rings. The highest BCUT2D eigenvalue weighted by molar-refractivity contribution is 6.33. The fraction of sp³-hybridized carbons (Fsp3) is 0.385. The first-order valence-corrected chi connectivity index (χ1v) is 6.16. The molecule has 0 aromatic heterocycles. The fourth-order valence-electron chi connectivity index (χ4n) is 1.53. The monoisotopic (exact) mass is 266 g/mol. The first-order valence-electron chi connectivity index (χ1n) is 5.79. The van der Waals surface area contributed by atoms with Crippen molar-refractivity contribution >= 4 is 23.3 Å². The van der Waals surface area contributed by atoms with Crippen LogP contribution >= 0.6 is 11.6 Å². The van der Waals surface area contributed by atoms with Crippen LogP contribution in [0.5, 0.6) is 0 Å². The maximum Gasteiger partial charge on any atom is 0.303 e. The van der Waals surface area contributed by atoms with Gasteiger partial charge in [-0.1, -0.05) is 18.0 Å². The van der Waals surface area contributed by atoms with Crippen LogP contribution in [0.25, 0.3) is 0 Å². The van der Waals surface area contributed by atoms with E-state index in [1.165, 1.54) is 0 Å². The number of halogens is 1. The molecule has 0 amide bonds. The Morgan fingerprint density at radius 3 is 2.78 bits per heavy atom. The number of unbranched alkanes of at least 4 members (excludes halogenated alkanes) is 2. The van der Waals surface area contributed by atoms with Crippen LogP contribution < -0.4 is 5.32 Å². The maximum absolute atomic E-state index is 10.3. The number of benzene rings is 1. The summed E-state index contributed by atoms with van der Waals surface area (Å²) in [4.78, 5) is 10.3. The van der Waals surface area contributed by atoms with Crippen molar-refractivity contribution in [3.05, 3.63) is 28.8 Å². The number of carboxylic acids is 1. The van der Waals surface area contributed by atoms with Gasteiger partial charge < -0.3 is 10.4 Å². The predicted molar refractivity (Wildman–Crippen MR) is 70.8 cm³/mol. The number of nitrogens with zero attached hydrogens (tertiary/aromatic N) is 1. The van der Waals surface area contributed by atoms with Crippen LogP contribution in [-0.4, -0.2) is 17.6 Å². The van der Waals surface area contributed by atoms with E-state index in [0.29, 0.717) is 17.0 Å². The second-order valence-corrected chi connectivity index (χ2v) is 4.34. The molecule has 1 rings (SSSR count). The molecule has 0 aliphatic carbocycles. The molecule has 0 atom stereocenters. The highest BCUT2D eigenvalue weighted by atomic mass is 35.5. The lowest BCUT2D eigenvalue weighted by molar-refractivity contribution is -0.137. The first-order chi connectivity index (χ1) is 8.63. The average Bonchev–Trinajstić information content (AvgIpc) is 2.34. The Morgan fingerprint density at radius 2 is 2.17 bits per heavy atom. The molecule has 5 heteroatoms. The van der Waals surface area contributed by atoms with Gasteiger partial charge >= 0.3 is 5.97 Å². The SMILES string of the molecule is N#Cc1ccc(NCCCCCC(=O)O)c(Cl)c1. The van der Waals surface area contributed by atoms with E-state index in [-0.39, 0.29) is 6.42 Å². The summed E-state index contributed by atoms with van der Waals surface area (Å²) in [6, 6.07) is 7.12. The van der Waals surface area contributed by atoms with E-state index in [1.807, 2.05) is 6.07 Å². The highest BCUT2D eigenvalue weighted by Gasteiger charge is 2.01. The number of aliphatic carboxylic acids is 1. The van der Waals surface area contributed by atoms with E-state index >= 15 is 0 Å². The predicted octanol–water partition coefficient (Wildman–Crippen LogP) is 3.27. The Hall–Kier alpha value is -1.73. The Bertz CT molecular complexity index is 455. The van der Waals surface area contributed by atoms with Crippen LogP contribution in [0.1, 0.15) is 31.2 Å². The van der Waals surface area contributed by atoms with Gasteiger partial charge in [-0.05, 0) is 31.0 Å². The van der Waals surface area contributed by atoms with E-state index < -0.39 is 5.97 Å². The maximum atomic E-state index is 10.3. The lowest BCUT2D eigenvalue weighted by Gasteiger charge is -2.08. The van der Waals surface area contributed by atoms with Crippen molar-refractivity contribution in [1.82, 2.24) is 0 Å².